The smallest absolute Gasteiger partial charge is 0.130 e. The van der Waals surface area contributed by atoms with Gasteiger partial charge in [0.1, 0.15) is 12.4 Å². The van der Waals surface area contributed by atoms with E-state index in [1.54, 1.807) is 6.20 Å². The lowest BCUT2D eigenvalue weighted by Crippen LogP contribution is -2.19. The summed E-state index contributed by atoms with van der Waals surface area (Å²) in [6.07, 6.45) is 1.79. The minimum Gasteiger partial charge on any atom is -0.487 e. The Balaban J connectivity index is 2.00. The molecule has 0 aliphatic rings. The SMILES string of the molecule is Cc1ccc(OCc2ccccn2)c(CNCC(C)C)c1. The van der Waals surface area contributed by atoms with Crippen molar-refractivity contribution in [3.63, 3.8) is 0 Å². The van der Waals surface area contributed by atoms with Crippen LogP contribution in [0.5, 0.6) is 5.75 Å². The number of rotatable bonds is 7. The molecule has 0 unspecified atom stereocenters. The van der Waals surface area contributed by atoms with Crippen molar-refractivity contribution in [1.29, 1.82) is 0 Å². The van der Waals surface area contributed by atoms with E-state index in [-0.39, 0.29) is 0 Å². The quantitative estimate of drug-likeness (QED) is 0.841. The van der Waals surface area contributed by atoms with E-state index < -0.39 is 0 Å². The van der Waals surface area contributed by atoms with Crippen molar-refractivity contribution in [2.24, 2.45) is 5.92 Å². The van der Waals surface area contributed by atoms with Crippen molar-refractivity contribution in [2.75, 3.05) is 6.54 Å². The highest BCUT2D eigenvalue weighted by atomic mass is 16.5. The lowest BCUT2D eigenvalue weighted by atomic mass is 10.1. The first-order chi connectivity index (χ1) is 10.1. The second-order valence-corrected chi connectivity index (χ2v) is 5.75. The first-order valence-corrected chi connectivity index (χ1v) is 7.48. The highest BCUT2D eigenvalue weighted by Gasteiger charge is 2.05. The van der Waals surface area contributed by atoms with Gasteiger partial charge in [0, 0.05) is 18.3 Å². The summed E-state index contributed by atoms with van der Waals surface area (Å²) in [5.41, 5.74) is 3.40. The van der Waals surface area contributed by atoms with Gasteiger partial charge in [-0.15, -0.1) is 0 Å². The summed E-state index contributed by atoms with van der Waals surface area (Å²) < 4.78 is 5.93. The Morgan fingerprint density at radius 2 is 2.05 bits per heavy atom. The average molecular weight is 284 g/mol. The van der Waals surface area contributed by atoms with Crippen LogP contribution in [0, 0.1) is 12.8 Å². The molecule has 2 rings (SSSR count). The fourth-order valence-electron chi connectivity index (χ4n) is 2.12. The molecule has 1 aromatic heterocycles. The van der Waals surface area contributed by atoms with E-state index in [0.717, 1.165) is 24.5 Å². The van der Waals surface area contributed by atoms with Crippen LogP contribution in [0.25, 0.3) is 0 Å². The summed E-state index contributed by atoms with van der Waals surface area (Å²) in [6, 6.07) is 12.2. The molecule has 0 aliphatic heterocycles. The third kappa shape index (κ3) is 5.20. The molecule has 0 radical (unpaired) electrons. The molecule has 0 spiro atoms. The number of pyridine rings is 1. The molecule has 0 saturated carbocycles. The van der Waals surface area contributed by atoms with Gasteiger partial charge in [-0.2, -0.15) is 0 Å². The molecule has 1 aromatic carbocycles. The van der Waals surface area contributed by atoms with Crippen LogP contribution in [0.15, 0.2) is 42.6 Å². The minimum absolute atomic E-state index is 0.501. The molecular formula is C18H24N2O. The van der Waals surface area contributed by atoms with E-state index in [2.05, 4.69) is 43.2 Å². The van der Waals surface area contributed by atoms with Crippen molar-refractivity contribution >= 4 is 0 Å². The number of aromatic nitrogens is 1. The molecule has 0 fully saturated rings. The maximum absolute atomic E-state index is 5.93. The molecule has 112 valence electrons. The normalized spacial score (nSPS) is 10.9. The minimum atomic E-state index is 0.501. The Morgan fingerprint density at radius 3 is 2.76 bits per heavy atom. The van der Waals surface area contributed by atoms with Gasteiger partial charge < -0.3 is 10.1 Å². The van der Waals surface area contributed by atoms with Crippen molar-refractivity contribution < 1.29 is 4.74 Å². The molecule has 21 heavy (non-hydrogen) atoms. The van der Waals surface area contributed by atoms with E-state index in [1.165, 1.54) is 11.1 Å². The maximum atomic E-state index is 5.93. The van der Waals surface area contributed by atoms with E-state index in [4.69, 9.17) is 4.74 Å². The molecule has 3 nitrogen and oxygen atoms in total. The monoisotopic (exact) mass is 284 g/mol. The van der Waals surface area contributed by atoms with Crippen LogP contribution < -0.4 is 10.1 Å². The lowest BCUT2D eigenvalue weighted by molar-refractivity contribution is 0.297. The number of benzene rings is 1. The van der Waals surface area contributed by atoms with Crippen LogP contribution in [0.4, 0.5) is 0 Å². The molecule has 0 aliphatic carbocycles. The standard InChI is InChI=1S/C18H24N2O/c1-14(2)11-19-12-16-10-15(3)7-8-18(16)21-13-17-6-4-5-9-20-17/h4-10,14,19H,11-13H2,1-3H3. The Hall–Kier alpha value is -1.87. The number of hydrogen-bond acceptors (Lipinski definition) is 3. The maximum Gasteiger partial charge on any atom is 0.130 e. The number of hydrogen-bond donors (Lipinski definition) is 1. The highest BCUT2D eigenvalue weighted by Crippen LogP contribution is 2.21. The molecule has 1 N–H and O–H groups in total. The molecular weight excluding hydrogens is 260 g/mol. The number of nitrogens with one attached hydrogen (secondary N) is 1. The summed E-state index contributed by atoms with van der Waals surface area (Å²) in [7, 11) is 0. The van der Waals surface area contributed by atoms with Gasteiger partial charge in [-0.1, -0.05) is 37.6 Å². The van der Waals surface area contributed by atoms with Crippen molar-refractivity contribution in [2.45, 2.75) is 33.9 Å². The summed E-state index contributed by atoms with van der Waals surface area (Å²) in [4.78, 5) is 4.29. The predicted octanol–water partition coefficient (Wildman–Crippen LogP) is 3.71. The number of nitrogens with zero attached hydrogens (tertiary/aromatic N) is 1. The first kappa shape index (κ1) is 15.5. The van der Waals surface area contributed by atoms with Crippen LogP contribution in [-0.2, 0) is 13.2 Å². The van der Waals surface area contributed by atoms with Crippen LogP contribution in [0.2, 0.25) is 0 Å². The van der Waals surface area contributed by atoms with E-state index in [1.807, 2.05) is 24.3 Å². The fraction of sp³-hybridized carbons (Fsp3) is 0.389. The van der Waals surface area contributed by atoms with Gasteiger partial charge in [-0.05, 0) is 37.6 Å². The van der Waals surface area contributed by atoms with Gasteiger partial charge in [0.2, 0.25) is 0 Å². The van der Waals surface area contributed by atoms with E-state index >= 15 is 0 Å². The number of ether oxygens (including phenoxy) is 1. The van der Waals surface area contributed by atoms with E-state index in [9.17, 15) is 0 Å². The Labute approximate surface area is 127 Å². The van der Waals surface area contributed by atoms with Gasteiger partial charge in [0.05, 0.1) is 5.69 Å². The van der Waals surface area contributed by atoms with Crippen molar-refractivity contribution in [1.82, 2.24) is 10.3 Å². The third-order valence-corrected chi connectivity index (χ3v) is 3.19. The summed E-state index contributed by atoms with van der Waals surface area (Å²) >= 11 is 0. The lowest BCUT2D eigenvalue weighted by Gasteiger charge is -2.14. The molecule has 0 saturated heterocycles. The summed E-state index contributed by atoms with van der Waals surface area (Å²) in [5, 5.41) is 3.47. The predicted molar refractivity (Wildman–Crippen MR) is 86.3 cm³/mol. The largest absolute Gasteiger partial charge is 0.487 e. The van der Waals surface area contributed by atoms with Gasteiger partial charge in [-0.25, -0.2) is 0 Å². The zero-order chi connectivity index (χ0) is 15.1. The van der Waals surface area contributed by atoms with Crippen LogP contribution in [0.1, 0.15) is 30.7 Å². The fourth-order valence-corrected chi connectivity index (χ4v) is 2.12. The zero-order valence-electron chi connectivity index (χ0n) is 13.1. The van der Waals surface area contributed by atoms with Crippen LogP contribution in [-0.4, -0.2) is 11.5 Å². The van der Waals surface area contributed by atoms with Gasteiger partial charge in [0.25, 0.3) is 0 Å². The molecule has 0 amide bonds. The van der Waals surface area contributed by atoms with Gasteiger partial charge in [0.15, 0.2) is 0 Å². The van der Waals surface area contributed by atoms with Crippen molar-refractivity contribution in [3.8, 4) is 5.75 Å². The Morgan fingerprint density at radius 1 is 1.19 bits per heavy atom. The molecule has 3 heteroatoms. The van der Waals surface area contributed by atoms with Crippen LogP contribution in [0.3, 0.4) is 0 Å². The van der Waals surface area contributed by atoms with E-state index in [0.29, 0.717) is 12.5 Å². The Kier molecular flexibility index (Phi) is 5.76. The summed E-state index contributed by atoms with van der Waals surface area (Å²) in [6.45, 7) is 8.87. The molecule has 0 atom stereocenters. The van der Waals surface area contributed by atoms with Crippen LogP contribution >= 0.6 is 0 Å². The Bertz CT molecular complexity index is 552. The second kappa shape index (κ2) is 7.79. The molecule has 0 bridgehead atoms. The third-order valence-electron chi connectivity index (χ3n) is 3.19. The highest BCUT2D eigenvalue weighted by molar-refractivity contribution is 5.37. The molecule has 2 aromatic rings. The second-order valence-electron chi connectivity index (χ2n) is 5.75. The summed E-state index contributed by atoms with van der Waals surface area (Å²) in [5.74, 6) is 1.58. The zero-order valence-corrected chi connectivity index (χ0v) is 13.1. The molecule has 1 heterocycles. The van der Waals surface area contributed by atoms with Gasteiger partial charge in [-0.3, -0.25) is 4.98 Å². The number of aryl methyl sites for hydroxylation is 1. The van der Waals surface area contributed by atoms with Gasteiger partial charge >= 0.3 is 0 Å². The van der Waals surface area contributed by atoms with Crippen molar-refractivity contribution in [3.05, 3.63) is 59.4 Å². The topological polar surface area (TPSA) is 34.1 Å². The first-order valence-electron chi connectivity index (χ1n) is 7.48. The average Bonchev–Trinajstić information content (AvgIpc) is 2.47.